The Bertz CT molecular complexity index is 518. The summed E-state index contributed by atoms with van der Waals surface area (Å²) in [6, 6.07) is 8.63. The molecule has 0 spiro atoms. The maximum atomic E-state index is 10.7. The minimum absolute atomic E-state index is 0.100. The summed E-state index contributed by atoms with van der Waals surface area (Å²) < 4.78 is 0. The van der Waals surface area contributed by atoms with Crippen LogP contribution < -0.4 is 15.5 Å². The van der Waals surface area contributed by atoms with E-state index in [1.807, 2.05) is 12.1 Å². The van der Waals surface area contributed by atoms with Gasteiger partial charge in [0.05, 0.1) is 6.42 Å². The number of anilines is 1. The van der Waals surface area contributed by atoms with Gasteiger partial charge in [0.2, 0.25) is 0 Å². The van der Waals surface area contributed by atoms with E-state index in [2.05, 4.69) is 27.7 Å². The predicted molar refractivity (Wildman–Crippen MR) is 96.6 cm³/mol. The van der Waals surface area contributed by atoms with Crippen LogP contribution in [-0.2, 0) is 11.2 Å². The first-order valence-electron chi connectivity index (χ1n) is 9.20. The second-order valence-corrected chi connectivity index (χ2v) is 7.10. The van der Waals surface area contributed by atoms with Crippen molar-refractivity contribution < 1.29 is 9.90 Å². The van der Waals surface area contributed by atoms with Gasteiger partial charge in [-0.2, -0.15) is 0 Å². The molecule has 0 aromatic heterocycles. The first kappa shape index (κ1) is 17.2. The van der Waals surface area contributed by atoms with Crippen LogP contribution in [0.25, 0.3) is 0 Å². The molecule has 3 N–H and O–H groups in total. The highest BCUT2D eigenvalue weighted by Crippen LogP contribution is 2.21. The van der Waals surface area contributed by atoms with Crippen molar-refractivity contribution in [2.24, 2.45) is 5.92 Å². The van der Waals surface area contributed by atoms with Crippen molar-refractivity contribution in [1.29, 1.82) is 0 Å². The molecule has 0 unspecified atom stereocenters. The lowest BCUT2D eigenvalue weighted by atomic mass is 9.96. The Balaban J connectivity index is 1.42. The zero-order valence-corrected chi connectivity index (χ0v) is 14.3. The molecule has 3 rings (SSSR count). The van der Waals surface area contributed by atoms with Gasteiger partial charge in [-0.25, -0.2) is 0 Å². The molecule has 2 aliphatic rings. The van der Waals surface area contributed by atoms with Gasteiger partial charge in [0.25, 0.3) is 0 Å². The third-order valence-electron chi connectivity index (χ3n) is 5.31. The van der Waals surface area contributed by atoms with Gasteiger partial charge >= 0.3 is 5.97 Å². The lowest BCUT2D eigenvalue weighted by Gasteiger charge is -2.35. The second kappa shape index (κ2) is 8.49. The predicted octanol–water partition coefficient (Wildman–Crippen LogP) is 1.87. The summed E-state index contributed by atoms with van der Waals surface area (Å²) in [6.45, 7) is 5.64. The van der Waals surface area contributed by atoms with Crippen molar-refractivity contribution in [1.82, 2.24) is 10.6 Å². The summed E-state index contributed by atoms with van der Waals surface area (Å²) in [5.74, 6) is 0.0643. The highest BCUT2D eigenvalue weighted by atomic mass is 16.4. The lowest BCUT2D eigenvalue weighted by molar-refractivity contribution is -0.136. The minimum Gasteiger partial charge on any atom is -0.481 e. The number of nitrogens with one attached hydrogen (secondary N) is 2. The Kier molecular flexibility index (Phi) is 6.10. The van der Waals surface area contributed by atoms with E-state index in [1.165, 1.54) is 44.5 Å². The number of carboxylic acids is 1. The van der Waals surface area contributed by atoms with E-state index < -0.39 is 5.97 Å². The molecular weight excluding hydrogens is 302 g/mol. The Morgan fingerprint density at radius 1 is 1.12 bits per heavy atom. The maximum Gasteiger partial charge on any atom is 0.307 e. The van der Waals surface area contributed by atoms with Crippen LogP contribution >= 0.6 is 0 Å². The van der Waals surface area contributed by atoms with Crippen LogP contribution in [0, 0.1) is 5.92 Å². The fraction of sp³-hybridized carbons (Fsp3) is 0.632. The Morgan fingerprint density at radius 3 is 2.42 bits per heavy atom. The average Bonchev–Trinajstić information content (AvgIpc) is 2.62. The summed E-state index contributed by atoms with van der Waals surface area (Å²) in [6.07, 6.45) is 5.07. The van der Waals surface area contributed by atoms with Crippen LogP contribution in [0.4, 0.5) is 5.69 Å². The molecule has 2 aliphatic heterocycles. The van der Waals surface area contributed by atoms with E-state index in [9.17, 15) is 4.79 Å². The van der Waals surface area contributed by atoms with Crippen LogP contribution in [0.1, 0.15) is 31.2 Å². The number of rotatable bonds is 6. The van der Waals surface area contributed by atoms with Gasteiger partial charge in [0, 0.05) is 24.8 Å². The van der Waals surface area contributed by atoms with E-state index in [1.54, 1.807) is 0 Å². The first-order chi connectivity index (χ1) is 11.7. The van der Waals surface area contributed by atoms with Gasteiger partial charge < -0.3 is 20.6 Å². The molecule has 2 heterocycles. The van der Waals surface area contributed by atoms with Gasteiger partial charge in [-0.1, -0.05) is 12.1 Å². The standard InChI is InChI=1S/C19H29N3O2/c23-19(24)13-15-1-3-18(4-2-15)22-11-7-17(8-12-22)21-14-16-5-9-20-10-6-16/h1-4,16-17,20-21H,5-14H2,(H,23,24). The molecule has 2 saturated heterocycles. The summed E-state index contributed by atoms with van der Waals surface area (Å²) in [5, 5.41) is 16.0. The minimum atomic E-state index is -0.775. The summed E-state index contributed by atoms with van der Waals surface area (Å²) in [5.41, 5.74) is 2.07. The molecule has 0 saturated carbocycles. The largest absolute Gasteiger partial charge is 0.481 e. The van der Waals surface area contributed by atoms with Gasteiger partial charge in [-0.3, -0.25) is 4.79 Å². The van der Waals surface area contributed by atoms with Gasteiger partial charge in [0.15, 0.2) is 0 Å². The highest BCUT2D eigenvalue weighted by molar-refractivity contribution is 5.70. The highest BCUT2D eigenvalue weighted by Gasteiger charge is 2.21. The molecule has 0 amide bonds. The number of nitrogens with zero attached hydrogens (tertiary/aromatic N) is 1. The number of aliphatic carboxylic acids is 1. The van der Waals surface area contributed by atoms with E-state index in [0.29, 0.717) is 6.04 Å². The molecule has 5 heteroatoms. The molecular formula is C19H29N3O2. The fourth-order valence-corrected chi connectivity index (χ4v) is 3.76. The van der Waals surface area contributed by atoms with E-state index in [0.717, 1.165) is 31.1 Å². The van der Waals surface area contributed by atoms with Crippen molar-refractivity contribution >= 4 is 11.7 Å². The topological polar surface area (TPSA) is 64.6 Å². The van der Waals surface area contributed by atoms with Gasteiger partial charge in [-0.15, -0.1) is 0 Å². The van der Waals surface area contributed by atoms with Gasteiger partial charge in [-0.05, 0) is 68.9 Å². The molecule has 5 nitrogen and oxygen atoms in total. The summed E-state index contributed by atoms with van der Waals surface area (Å²) >= 11 is 0. The number of benzene rings is 1. The summed E-state index contributed by atoms with van der Waals surface area (Å²) in [4.78, 5) is 13.2. The monoisotopic (exact) mass is 331 g/mol. The third-order valence-corrected chi connectivity index (χ3v) is 5.31. The van der Waals surface area contributed by atoms with Crippen molar-refractivity contribution in [3.63, 3.8) is 0 Å². The quantitative estimate of drug-likeness (QED) is 0.743. The van der Waals surface area contributed by atoms with Crippen LogP contribution in [0.2, 0.25) is 0 Å². The lowest BCUT2D eigenvalue weighted by Crippen LogP contribution is -2.45. The van der Waals surface area contributed by atoms with Crippen LogP contribution in [0.15, 0.2) is 24.3 Å². The number of piperidine rings is 2. The molecule has 0 atom stereocenters. The molecule has 0 radical (unpaired) electrons. The smallest absolute Gasteiger partial charge is 0.307 e. The van der Waals surface area contributed by atoms with Crippen LogP contribution in [-0.4, -0.2) is 49.8 Å². The number of hydrogen-bond donors (Lipinski definition) is 3. The number of hydrogen-bond acceptors (Lipinski definition) is 4. The second-order valence-electron chi connectivity index (χ2n) is 7.10. The van der Waals surface area contributed by atoms with Crippen molar-refractivity contribution in [3.05, 3.63) is 29.8 Å². The molecule has 0 aliphatic carbocycles. The molecule has 24 heavy (non-hydrogen) atoms. The van der Waals surface area contributed by atoms with Crippen molar-refractivity contribution in [2.75, 3.05) is 37.6 Å². The number of carboxylic acid groups (broad SMARTS) is 1. The molecule has 1 aromatic rings. The zero-order chi connectivity index (χ0) is 16.8. The van der Waals surface area contributed by atoms with E-state index in [4.69, 9.17) is 5.11 Å². The summed E-state index contributed by atoms with van der Waals surface area (Å²) in [7, 11) is 0. The molecule has 0 bridgehead atoms. The molecule has 2 fully saturated rings. The van der Waals surface area contributed by atoms with Crippen LogP contribution in [0.5, 0.6) is 0 Å². The van der Waals surface area contributed by atoms with Crippen molar-refractivity contribution in [3.8, 4) is 0 Å². The SMILES string of the molecule is O=C(O)Cc1ccc(N2CCC(NCC3CCNCC3)CC2)cc1. The first-order valence-corrected chi connectivity index (χ1v) is 9.20. The fourth-order valence-electron chi connectivity index (χ4n) is 3.76. The zero-order valence-electron chi connectivity index (χ0n) is 14.3. The van der Waals surface area contributed by atoms with Crippen molar-refractivity contribution in [2.45, 2.75) is 38.1 Å². The normalized spacial score (nSPS) is 20.2. The van der Waals surface area contributed by atoms with E-state index in [-0.39, 0.29) is 6.42 Å². The Labute approximate surface area is 144 Å². The molecule has 1 aromatic carbocycles. The van der Waals surface area contributed by atoms with Crippen LogP contribution in [0.3, 0.4) is 0 Å². The maximum absolute atomic E-state index is 10.7. The average molecular weight is 331 g/mol. The third kappa shape index (κ3) is 4.95. The van der Waals surface area contributed by atoms with Gasteiger partial charge in [0.1, 0.15) is 0 Å². The van der Waals surface area contributed by atoms with E-state index >= 15 is 0 Å². The molecule has 132 valence electrons. The number of carbonyl (C=O) groups is 1. The Morgan fingerprint density at radius 2 is 1.79 bits per heavy atom. The Hall–Kier alpha value is -1.59.